The van der Waals surface area contributed by atoms with Crippen LogP contribution in [0.25, 0.3) is 0 Å². The quantitative estimate of drug-likeness (QED) is 0.890. The van der Waals surface area contributed by atoms with E-state index in [0.29, 0.717) is 12.1 Å². The SMILES string of the molecule is CCC1NC(=O)CN(c2cc(F)cc(Cl)c2)C1=O. The second-order valence-corrected chi connectivity index (χ2v) is 4.52. The van der Waals surface area contributed by atoms with Gasteiger partial charge in [-0.2, -0.15) is 0 Å². The summed E-state index contributed by atoms with van der Waals surface area (Å²) in [5, 5.41) is 2.78. The highest BCUT2D eigenvalue weighted by molar-refractivity contribution is 6.31. The van der Waals surface area contributed by atoms with Gasteiger partial charge in [0.2, 0.25) is 11.8 Å². The van der Waals surface area contributed by atoms with Crippen LogP contribution in [0.4, 0.5) is 10.1 Å². The minimum absolute atomic E-state index is 0.116. The largest absolute Gasteiger partial charge is 0.343 e. The van der Waals surface area contributed by atoms with Crippen molar-refractivity contribution < 1.29 is 14.0 Å². The Bertz CT molecular complexity index is 487. The van der Waals surface area contributed by atoms with Gasteiger partial charge in [-0.15, -0.1) is 0 Å². The number of carbonyl (C=O) groups excluding carboxylic acids is 2. The van der Waals surface area contributed by atoms with E-state index < -0.39 is 11.9 Å². The molecule has 1 unspecified atom stereocenters. The summed E-state index contributed by atoms with van der Waals surface area (Å²) in [6.07, 6.45) is 0.490. The van der Waals surface area contributed by atoms with Crippen molar-refractivity contribution >= 4 is 29.1 Å². The van der Waals surface area contributed by atoms with Gasteiger partial charge in [-0.05, 0) is 24.6 Å². The molecule has 0 aliphatic carbocycles. The lowest BCUT2D eigenvalue weighted by Gasteiger charge is -2.32. The van der Waals surface area contributed by atoms with E-state index in [4.69, 9.17) is 11.6 Å². The molecule has 1 aromatic carbocycles. The summed E-state index contributed by atoms with van der Waals surface area (Å²) >= 11 is 5.75. The van der Waals surface area contributed by atoms with Gasteiger partial charge in [-0.3, -0.25) is 9.59 Å². The van der Waals surface area contributed by atoms with Crippen molar-refractivity contribution in [2.75, 3.05) is 11.4 Å². The number of rotatable bonds is 2. The summed E-state index contributed by atoms with van der Waals surface area (Å²) in [5.41, 5.74) is 0.304. The van der Waals surface area contributed by atoms with E-state index >= 15 is 0 Å². The molecule has 0 saturated carbocycles. The maximum atomic E-state index is 13.3. The molecule has 0 radical (unpaired) electrons. The van der Waals surface area contributed by atoms with Crippen LogP contribution in [0, 0.1) is 5.82 Å². The van der Waals surface area contributed by atoms with Crippen LogP contribution in [0.3, 0.4) is 0 Å². The lowest BCUT2D eigenvalue weighted by Crippen LogP contribution is -2.58. The van der Waals surface area contributed by atoms with Crippen LogP contribution in [0.1, 0.15) is 13.3 Å². The molecule has 4 nitrogen and oxygen atoms in total. The molecule has 0 bridgehead atoms. The van der Waals surface area contributed by atoms with Crippen molar-refractivity contribution in [1.29, 1.82) is 0 Å². The Hall–Kier alpha value is -1.62. The first-order valence-electron chi connectivity index (χ1n) is 5.58. The van der Waals surface area contributed by atoms with Crippen LogP contribution in [-0.4, -0.2) is 24.4 Å². The van der Waals surface area contributed by atoms with Gasteiger partial charge in [0.25, 0.3) is 0 Å². The first kappa shape index (κ1) is 12.8. The third kappa shape index (κ3) is 2.46. The van der Waals surface area contributed by atoms with Crippen LogP contribution in [0.15, 0.2) is 18.2 Å². The zero-order valence-corrected chi connectivity index (χ0v) is 10.5. The van der Waals surface area contributed by atoms with Crippen LogP contribution >= 0.6 is 11.6 Å². The number of hydrogen-bond donors (Lipinski definition) is 1. The van der Waals surface area contributed by atoms with Gasteiger partial charge in [0, 0.05) is 10.7 Å². The number of halogens is 2. The predicted molar refractivity (Wildman–Crippen MR) is 66.0 cm³/mol. The smallest absolute Gasteiger partial charge is 0.250 e. The van der Waals surface area contributed by atoms with Crippen molar-refractivity contribution in [2.45, 2.75) is 19.4 Å². The molecule has 96 valence electrons. The van der Waals surface area contributed by atoms with Gasteiger partial charge in [-0.25, -0.2) is 4.39 Å². The maximum Gasteiger partial charge on any atom is 0.250 e. The van der Waals surface area contributed by atoms with Gasteiger partial charge in [-0.1, -0.05) is 18.5 Å². The number of amides is 2. The molecule has 1 heterocycles. The van der Waals surface area contributed by atoms with E-state index in [2.05, 4.69) is 5.32 Å². The summed E-state index contributed by atoms with van der Waals surface area (Å²) in [4.78, 5) is 24.8. The first-order valence-corrected chi connectivity index (χ1v) is 5.96. The second-order valence-electron chi connectivity index (χ2n) is 4.08. The Balaban J connectivity index is 2.35. The van der Waals surface area contributed by atoms with E-state index in [9.17, 15) is 14.0 Å². The van der Waals surface area contributed by atoms with E-state index in [-0.39, 0.29) is 23.4 Å². The Morgan fingerprint density at radius 2 is 2.17 bits per heavy atom. The molecule has 1 saturated heterocycles. The number of piperazine rings is 1. The van der Waals surface area contributed by atoms with E-state index in [1.165, 1.54) is 17.0 Å². The van der Waals surface area contributed by atoms with Gasteiger partial charge < -0.3 is 10.2 Å². The molecule has 1 aliphatic heterocycles. The molecule has 1 N–H and O–H groups in total. The van der Waals surface area contributed by atoms with Crippen molar-refractivity contribution in [1.82, 2.24) is 5.32 Å². The number of anilines is 1. The van der Waals surface area contributed by atoms with E-state index in [1.807, 2.05) is 0 Å². The molecular weight excluding hydrogens is 259 g/mol. The molecule has 6 heteroatoms. The molecular formula is C12H12ClFN2O2. The molecule has 2 rings (SSSR count). The van der Waals surface area contributed by atoms with Crippen molar-refractivity contribution in [3.05, 3.63) is 29.0 Å². The Morgan fingerprint density at radius 3 is 2.78 bits per heavy atom. The number of carbonyl (C=O) groups is 2. The minimum atomic E-state index is -0.562. The van der Waals surface area contributed by atoms with Crippen LogP contribution < -0.4 is 10.2 Å². The van der Waals surface area contributed by atoms with Gasteiger partial charge in [0.1, 0.15) is 18.4 Å². The fourth-order valence-electron chi connectivity index (χ4n) is 1.90. The second kappa shape index (κ2) is 4.94. The van der Waals surface area contributed by atoms with Crippen LogP contribution in [0.5, 0.6) is 0 Å². The number of nitrogens with one attached hydrogen (secondary N) is 1. The fourth-order valence-corrected chi connectivity index (χ4v) is 2.12. The third-order valence-corrected chi connectivity index (χ3v) is 2.99. The summed E-state index contributed by atoms with van der Waals surface area (Å²) in [6, 6.07) is 3.24. The summed E-state index contributed by atoms with van der Waals surface area (Å²) in [7, 11) is 0. The van der Waals surface area contributed by atoms with Gasteiger partial charge in [0.15, 0.2) is 0 Å². The molecule has 1 fully saturated rings. The van der Waals surface area contributed by atoms with Crippen LogP contribution in [0.2, 0.25) is 5.02 Å². The summed E-state index contributed by atoms with van der Waals surface area (Å²) in [6.45, 7) is 1.68. The van der Waals surface area contributed by atoms with Crippen molar-refractivity contribution in [3.8, 4) is 0 Å². The number of nitrogens with zero attached hydrogens (tertiary/aromatic N) is 1. The lowest BCUT2D eigenvalue weighted by molar-refractivity contribution is -0.131. The molecule has 18 heavy (non-hydrogen) atoms. The van der Waals surface area contributed by atoms with E-state index in [1.54, 1.807) is 6.92 Å². The molecule has 2 amide bonds. The summed E-state index contributed by atoms with van der Waals surface area (Å²) < 4.78 is 13.3. The van der Waals surface area contributed by atoms with Crippen molar-refractivity contribution in [3.63, 3.8) is 0 Å². The highest BCUT2D eigenvalue weighted by atomic mass is 35.5. The number of benzene rings is 1. The Kier molecular flexibility index (Phi) is 3.52. The Labute approximate surface area is 109 Å². The third-order valence-electron chi connectivity index (χ3n) is 2.77. The lowest BCUT2D eigenvalue weighted by atomic mass is 10.1. The number of hydrogen-bond acceptors (Lipinski definition) is 2. The van der Waals surface area contributed by atoms with Crippen LogP contribution in [-0.2, 0) is 9.59 Å². The monoisotopic (exact) mass is 270 g/mol. The van der Waals surface area contributed by atoms with Crippen molar-refractivity contribution in [2.24, 2.45) is 0 Å². The van der Waals surface area contributed by atoms with Gasteiger partial charge >= 0.3 is 0 Å². The fraction of sp³-hybridized carbons (Fsp3) is 0.333. The molecule has 0 aromatic heterocycles. The molecule has 0 spiro atoms. The average Bonchev–Trinajstić information content (AvgIpc) is 2.30. The highest BCUT2D eigenvalue weighted by Crippen LogP contribution is 2.23. The average molecular weight is 271 g/mol. The Morgan fingerprint density at radius 1 is 1.44 bits per heavy atom. The normalized spacial score (nSPS) is 19.9. The summed E-state index contributed by atoms with van der Waals surface area (Å²) in [5.74, 6) is -1.05. The maximum absolute atomic E-state index is 13.3. The zero-order valence-electron chi connectivity index (χ0n) is 9.74. The predicted octanol–water partition coefficient (Wildman–Crippen LogP) is 1.72. The first-order chi connectivity index (χ1) is 8.51. The highest BCUT2D eigenvalue weighted by Gasteiger charge is 2.32. The molecule has 1 aliphatic rings. The zero-order chi connectivity index (χ0) is 13.3. The molecule has 1 atom stereocenters. The minimum Gasteiger partial charge on any atom is -0.343 e. The molecule has 1 aromatic rings. The standard InChI is InChI=1S/C12H12ClFN2O2/c1-2-10-12(18)16(6-11(17)15-10)9-4-7(13)3-8(14)5-9/h3-5,10H,2,6H2,1H3,(H,15,17). The van der Waals surface area contributed by atoms with Gasteiger partial charge in [0.05, 0.1) is 0 Å². The topological polar surface area (TPSA) is 49.4 Å². The van der Waals surface area contributed by atoms with E-state index in [0.717, 1.165) is 6.07 Å².